The Morgan fingerprint density at radius 1 is 1.24 bits per heavy atom. The number of rotatable bonds is 5. The first-order valence-corrected chi connectivity index (χ1v) is 7.49. The molecule has 0 saturated carbocycles. The van der Waals surface area contributed by atoms with Gasteiger partial charge < -0.3 is 10.1 Å². The van der Waals surface area contributed by atoms with Crippen LogP contribution in [0.25, 0.3) is 6.08 Å². The summed E-state index contributed by atoms with van der Waals surface area (Å²) in [5.74, 6) is 0.345. The fourth-order valence-electron chi connectivity index (χ4n) is 1.87. The number of nitrogens with one attached hydrogen (secondary N) is 1. The molecule has 0 aliphatic heterocycles. The zero-order valence-corrected chi connectivity index (χ0v) is 13.7. The van der Waals surface area contributed by atoms with Gasteiger partial charge in [0.25, 0.3) is 0 Å². The number of alkyl carbamates (subject to hydrolysis) is 1. The molecule has 3 nitrogen and oxygen atoms in total. The van der Waals surface area contributed by atoms with Crippen molar-refractivity contribution in [2.75, 3.05) is 0 Å². The topological polar surface area (TPSA) is 38.3 Å². The number of carbonyl (C=O) groups is 1. The highest BCUT2D eigenvalue weighted by Gasteiger charge is 2.20. The maximum absolute atomic E-state index is 11.8. The molecule has 0 saturated heterocycles. The molecule has 0 fully saturated rings. The Hall–Kier alpha value is -1.77. The second kappa shape index (κ2) is 7.87. The van der Waals surface area contributed by atoms with Crippen molar-refractivity contribution in [3.63, 3.8) is 0 Å². The fraction of sp³-hybridized carbons (Fsp3) is 0.500. The average Bonchev–Trinajstić information content (AvgIpc) is 2.36. The number of carbonyl (C=O) groups excluding carboxylic acids is 1. The Balaban J connectivity index is 2.54. The van der Waals surface area contributed by atoms with Crippen LogP contribution >= 0.6 is 0 Å². The van der Waals surface area contributed by atoms with Crippen molar-refractivity contribution in [1.82, 2.24) is 5.32 Å². The SMILES string of the molecule is CC(C)C(C/C=C/c1ccccc1)NC(=O)OC(C)(C)C. The van der Waals surface area contributed by atoms with Gasteiger partial charge in [0.05, 0.1) is 0 Å². The van der Waals surface area contributed by atoms with E-state index in [2.05, 4.69) is 43.4 Å². The highest BCUT2D eigenvalue weighted by atomic mass is 16.6. The van der Waals surface area contributed by atoms with E-state index in [1.54, 1.807) is 0 Å². The normalized spacial score (nSPS) is 13.4. The number of ether oxygens (including phenoxy) is 1. The summed E-state index contributed by atoms with van der Waals surface area (Å²) >= 11 is 0. The van der Waals surface area contributed by atoms with Crippen LogP contribution in [-0.2, 0) is 4.74 Å². The lowest BCUT2D eigenvalue weighted by Crippen LogP contribution is -2.41. The van der Waals surface area contributed by atoms with Crippen molar-refractivity contribution in [2.24, 2.45) is 5.92 Å². The van der Waals surface area contributed by atoms with Crippen LogP contribution in [0.5, 0.6) is 0 Å². The summed E-state index contributed by atoms with van der Waals surface area (Å²) in [5, 5.41) is 2.95. The fourth-order valence-corrected chi connectivity index (χ4v) is 1.87. The highest BCUT2D eigenvalue weighted by Crippen LogP contribution is 2.12. The smallest absolute Gasteiger partial charge is 0.407 e. The lowest BCUT2D eigenvalue weighted by molar-refractivity contribution is 0.0491. The van der Waals surface area contributed by atoms with E-state index in [4.69, 9.17) is 4.74 Å². The van der Waals surface area contributed by atoms with Gasteiger partial charge in [0.1, 0.15) is 5.60 Å². The summed E-state index contributed by atoms with van der Waals surface area (Å²) in [6, 6.07) is 10.2. The summed E-state index contributed by atoms with van der Waals surface area (Å²) in [6.45, 7) is 9.79. The molecule has 0 radical (unpaired) electrons. The summed E-state index contributed by atoms with van der Waals surface area (Å²) in [7, 11) is 0. The lowest BCUT2D eigenvalue weighted by atomic mass is 10.0. The quantitative estimate of drug-likeness (QED) is 0.857. The molecular formula is C18H27NO2. The van der Waals surface area contributed by atoms with Crippen molar-refractivity contribution in [3.05, 3.63) is 42.0 Å². The third-order valence-corrected chi connectivity index (χ3v) is 3.01. The van der Waals surface area contributed by atoms with Gasteiger partial charge in [-0.25, -0.2) is 4.79 Å². The second-order valence-corrected chi connectivity index (χ2v) is 6.55. The Labute approximate surface area is 128 Å². The molecule has 0 spiro atoms. The minimum Gasteiger partial charge on any atom is -0.444 e. The number of benzene rings is 1. The van der Waals surface area contributed by atoms with Crippen LogP contribution in [0, 0.1) is 5.92 Å². The summed E-state index contributed by atoms with van der Waals surface area (Å²) in [4.78, 5) is 11.8. The van der Waals surface area contributed by atoms with E-state index in [1.165, 1.54) is 0 Å². The van der Waals surface area contributed by atoms with Crippen molar-refractivity contribution < 1.29 is 9.53 Å². The number of amides is 1. The molecule has 0 aliphatic rings. The maximum Gasteiger partial charge on any atom is 0.407 e. The maximum atomic E-state index is 11.8. The monoisotopic (exact) mass is 289 g/mol. The van der Waals surface area contributed by atoms with Gasteiger partial charge in [-0.2, -0.15) is 0 Å². The van der Waals surface area contributed by atoms with E-state index in [-0.39, 0.29) is 12.1 Å². The summed E-state index contributed by atoms with van der Waals surface area (Å²) < 4.78 is 5.31. The predicted molar refractivity (Wildman–Crippen MR) is 88.1 cm³/mol. The first kappa shape index (κ1) is 17.3. The Morgan fingerprint density at radius 3 is 2.38 bits per heavy atom. The van der Waals surface area contributed by atoms with Crippen LogP contribution in [0.15, 0.2) is 36.4 Å². The molecule has 1 aromatic carbocycles. The summed E-state index contributed by atoms with van der Waals surface area (Å²) in [6.07, 6.45) is 4.60. The molecular weight excluding hydrogens is 262 g/mol. The van der Waals surface area contributed by atoms with Crippen LogP contribution in [0.1, 0.15) is 46.6 Å². The second-order valence-electron chi connectivity index (χ2n) is 6.55. The number of hydrogen-bond acceptors (Lipinski definition) is 2. The third-order valence-electron chi connectivity index (χ3n) is 3.01. The predicted octanol–water partition coefficient (Wildman–Crippen LogP) is 4.64. The molecule has 3 heteroatoms. The van der Waals surface area contributed by atoms with Crippen molar-refractivity contribution in [2.45, 2.75) is 52.7 Å². The first-order valence-electron chi connectivity index (χ1n) is 7.49. The average molecular weight is 289 g/mol. The number of hydrogen-bond donors (Lipinski definition) is 1. The Bertz CT molecular complexity index is 458. The van der Waals surface area contributed by atoms with Gasteiger partial charge in [0, 0.05) is 6.04 Å². The molecule has 1 unspecified atom stereocenters. The van der Waals surface area contributed by atoms with Crippen molar-refractivity contribution >= 4 is 12.2 Å². The van der Waals surface area contributed by atoms with Gasteiger partial charge in [-0.15, -0.1) is 0 Å². The molecule has 1 rings (SSSR count). The zero-order chi connectivity index (χ0) is 15.9. The molecule has 1 aromatic rings. The highest BCUT2D eigenvalue weighted by molar-refractivity contribution is 5.68. The van der Waals surface area contributed by atoms with E-state index in [0.717, 1.165) is 12.0 Å². The van der Waals surface area contributed by atoms with Gasteiger partial charge in [-0.1, -0.05) is 56.3 Å². The van der Waals surface area contributed by atoms with Crippen molar-refractivity contribution in [3.8, 4) is 0 Å². The van der Waals surface area contributed by atoms with Gasteiger partial charge in [-0.05, 0) is 38.7 Å². The van der Waals surface area contributed by atoms with E-state index in [9.17, 15) is 4.79 Å². The van der Waals surface area contributed by atoms with Crippen LogP contribution in [-0.4, -0.2) is 17.7 Å². The molecule has 1 atom stereocenters. The van der Waals surface area contributed by atoms with Crippen LogP contribution in [0.2, 0.25) is 0 Å². The molecule has 0 heterocycles. The summed E-state index contributed by atoms with van der Waals surface area (Å²) in [5.41, 5.74) is 0.697. The van der Waals surface area contributed by atoms with E-state index in [1.807, 2.05) is 39.0 Å². The lowest BCUT2D eigenvalue weighted by Gasteiger charge is -2.25. The molecule has 0 bridgehead atoms. The molecule has 1 N–H and O–H groups in total. The molecule has 0 aromatic heterocycles. The van der Waals surface area contributed by atoms with Gasteiger partial charge in [0.2, 0.25) is 0 Å². The van der Waals surface area contributed by atoms with Crippen LogP contribution < -0.4 is 5.32 Å². The van der Waals surface area contributed by atoms with Crippen LogP contribution in [0.3, 0.4) is 0 Å². The minimum atomic E-state index is -0.467. The van der Waals surface area contributed by atoms with Gasteiger partial charge in [-0.3, -0.25) is 0 Å². The molecule has 21 heavy (non-hydrogen) atoms. The molecule has 116 valence electrons. The molecule has 1 amide bonds. The Morgan fingerprint density at radius 2 is 1.86 bits per heavy atom. The zero-order valence-electron chi connectivity index (χ0n) is 13.7. The van der Waals surface area contributed by atoms with E-state index < -0.39 is 5.60 Å². The first-order chi connectivity index (χ1) is 9.78. The van der Waals surface area contributed by atoms with Crippen LogP contribution in [0.4, 0.5) is 4.79 Å². The van der Waals surface area contributed by atoms with E-state index >= 15 is 0 Å². The van der Waals surface area contributed by atoms with Gasteiger partial charge >= 0.3 is 6.09 Å². The minimum absolute atomic E-state index is 0.0693. The largest absolute Gasteiger partial charge is 0.444 e. The Kier molecular flexibility index (Phi) is 6.47. The van der Waals surface area contributed by atoms with Gasteiger partial charge in [0.15, 0.2) is 0 Å². The standard InChI is InChI=1S/C18H27NO2/c1-14(2)16(19-17(20)21-18(3,4)5)13-9-12-15-10-7-6-8-11-15/h6-12,14,16H,13H2,1-5H3,(H,19,20)/b12-9+. The van der Waals surface area contributed by atoms with Crippen molar-refractivity contribution in [1.29, 1.82) is 0 Å². The van der Waals surface area contributed by atoms with E-state index in [0.29, 0.717) is 5.92 Å². The molecule has 0 aliphatic carbocycles. The third kappa shape index (κ3) is 7.54.